The summed E-state index contributed by atoms with van der Waals surface area (Å²) >= 11 is 1.66. The second-order valence-electron chi connectivity index (χ2n) is 8.47. The van der Waals surface area contributed by atoms with Crippen LogP contribution in [0.4, 0.5) is 4.79 Å². The third-order valence-corrected chi connectivity index (χ3v) is 5.58. The Balaban J connectivity index is 1.67. The monoisotopic (exact) mass is 451 g/mol. The molecule has 31 heavy (non-hydrogen) atoms. The van der Waals surface area contributed by atoms with Crippen LogP contribution in [-0.2, 0) is 14.3 Å². The Morgan fingerprint density at radius 1 is 1.29 bits per heavy atom. The number of nitrogens with zero attached hydrogens (tertiary/aromatic N) is 2. The summed E-state index contributed by atoms with van der Waals surface area (Å²) in [6, 6.07) is 3.79. The molecule has 1 saturated heterocycles. The molecule has 1 N–H and O–H groups in total. The molecule has 1 amide bonds. The molecule has 0 atom stereocenters. The number of aromatic nitrogens is 1. The number of rotatable bonds is 9. The highest BCUT2D eigenvalue weighted by molar-refractivity contribution is 7.97. The van der Waals surface area contributed by atoms with Crippen molar-refractivity contribution in [3.63, 3.8) is 0 Å². The Hall–Kier alpha value is -2.26. The van der Waals surface area contributed by atoms with Crippen LogP contribution in [0, 0.1) is 5.92 Å². The van der Waals surface area contributed by atoms with Crippen molar-refractivity contribution in [1.82, 2.24) is 14.6 Å². The fourth-order valence-electron chi connectivity index (χ4n) is 2.92. The van der Waals surface area contributed by atoms with Crippen molar-refractivity contribution in [2.24, 2.45) is 5.92 Å². The van der Waals surface area contributed by atoms with E-state index >= 15 is 0 Å². The summed E-state index contributed by atoms with van der Waals surface area (Å²) in [5, 5.41) is 2.65. The molecule has 1 aromatic rings. The highest BCUT2D eigenvalue weighted by Gasteiger charge is 2.22. The van der Waals surface area contributed by atoms with Crippen LogP contribution in [0.25, 0.3) is 0 Å². The SMILES string of the molecule is C=C(CNC(=O)OC(C)(C)C)COc1ccc(SN2CCC(CC(=O)OC)CC2)cn1. The minimum Gasteiger partial charge on any atom is -0.473 e. The maximum Gasteiger partial charge on any atom is 0.407 e. The van der Waals surface area contributed by atoms with Gasteiger partial charge in [-0.15, -0.1) is 0 Å². The van der Waals surface area contributed by atoms with Crippen molar-refractivity contribution in [2.45, 2.75) is 50.5 Å². The number of amides is 1. The third kappa shape index (κ3) is 10.1. The van der Waals surface area contributed by atoms with E-state index in [9.17, 15) is 9.59 Å². The minimum atomic E-state index is -0.537. The molecule has 1 aliphatic heterocycles. The van der Waals surface area contributed by atoms with Gasteiger partial charge in [-0.2, -0.15) is 0 Å². The summed E-state index contributed by atoms with van der Waals surface area (Å²) in [7, 11) is 1.44. The van der Waals surface area contributed by atoms with Crippen LogP contribution in [0.1, 0.15) is 40.0 Å². The molecule has 1 fully saturated rings. The van der Waals surface area contributed by atoms with E-state index in [4.69, 9.17) is 14.2 Å². The van der Waals surface area contributed by atoms with Crippen LogP contribution in [0.5, 0.6) is 5.88 Å². The van der Waals surface area contributed by atoms with Gasteiger partial charge in [0.25, 0.3) is 0 Å². The van der Waals surface area contributed by atoms with Gasteiger partial charge in [0.1, 0.15) is 12.2 Å². The maximum atomic E-state index is 11.7. The van der Waals surface area contributed by atoms with E-state index in [1.165, 1.54) is 7.11 Å². The van der Waals surface area contributed by atoms with E-state index in [0.29, 0.717) is 23.8 Å². The van der Waals surface area contributed by atoms with E-state index in [0.717, 1.165) is 30.8 Å². The number of alkyl carbamates (subject to hydrolysis) is 1. The summed E-state index contributed by atoms with van der Waals surface area (Å²) in [4.78, 5) is 28.4. The second-order valence-corrected chi connectivity index (χ2v) is 9.64. The third-order valence-electron chi connectivity index (χ3n) is 4.51. The van der Waals surface area contributed by atoms with E-state index in [1.807, 2.05) is 32.9 Å². The number of carbonyl (C=O) groups is 2. The van der Waals surface area contributed by atoms with Gasteiger partial charge < -0.3 is 19.5 Å². The van der Waals surface area contributed by atoms with Crippen molar-refractivity contribution >= 4 is 24.0 Å². The number of pyridine rings is 1. The fourth-order valence-corrected chi connectivity index (χ4v) is 3.84. The van der Waals surface area contributed by atoms with Gasteiger partial charge in [0.15, 0.2) is 0 Å². The molecule has 0 aromatic carbocycles. The van der Waals surface area contributed by atoms with Gasteiger partial charge in [-0.05, 0) is 63.1 Å². The van der Waals surface area contributed by atoms with Crippen molar-refractivity contribution in [2.75, 3.05) is 33.4 Å². The first kappa shape index (κ1) is 25.0. The summed E-state index contributed by atoms with van der Waals surface area (Å²) in [5.74, 6) is 0.768. The van der Waals surface area contributed by atoms with Crippen molar-refractivity contribution < 1.29 is 23.8 Å². The van der Waals surface area contributed by atoms with Crippen LogP contribution in [0.15, 0.2) is 35.4 Å². The van der Waals surface area contributed by atoms with E-state index in [1.54, 1.807) is 18.1 Å². The summed E-state index contributed by atoms with van der Waals surface area (Å²) in [6.45, 7) is 11.7. The van der Waals surface area contributed by atoms with E-state index < -0.39 is 11.7 Å². The van der Waals surface area contributed by atoms with Gasteiger partial charge in [0, 0.05) is 43.2 Å². The van der Waals surface area contributed by atoms with Gasteiger partial charge in [-0.3, -0.25) is 4.79 Å². The molecule has 0 aliphatic carbocycles. The smallest absolute Gasteiger partial charge is 0.407 e. The standard InChI is InChI=1S/C22H33N3O5S/c1-16(13-24-21(27)30-22(2,3)4)15-29-19-7-6-18(14-23-19)31-25-10-8-17(9-11-25)12-20(26)28-5/h6-7,14,17H,1,8-13,15H2,2-5H3,(H,24,27). The number of carbonyl (C=O) groups excluding carboxylic acids is 2. The maximum absolute atomic E-state index is 11.7. The molecule has 2 heterocycles. The fraction of sp³-hybridized carbons (Fsp3) is 0.591. The Morgan fingerprint density at radius 2 is 2.00 bits per heavy atom. The molecule has 0 spiro atoms. The predicted molar refractivity (Wildman–Crippen MR) is 120 cm³/mol. The first-order valence-corrected chi connectivity index (χ1v) is 11.1. The molecule has 2 rings (SSSR count). The Morgan fingerprint density at radius 3 is 2.58 bits per heavy atom. The number of ether oxygens (including phenoxy) is 3. The first-order chi connectivity index (χ1) is 14.6. The van der Waals surface area contributed by atoms with Gasteiger partial charge in [0.05, 0.1) is 7.11 Å². The minimum absolute atomic E-state index is 0.130. The van der Waals surface area contributed by atoms with Gasteiger partial charge >= 0.3 is 12.1 Å². The van der Waals surface area contributed by atoms with Crippen molar-refractivity contribution in [3.05, 3.63) is 30.5 Å². The first-order valence-electron chi connectivity index (χ1n) is 10.4. The van der Waals surface area contributed by atoms with Crippen LogP contribution < -0.4 is 10.1 Å². The highest BCUT2D eigenvalue weighted by Crippen LogP contribution is 2.30. The average molecular weight is 452 g/mol. The quantitative estimate of drug-likeness (QED) is 0.344. The highest BCUT2D eigenvalue weighted by atomic mass is 32.2. The van der Waals surface area contributed by atoms with Crippen molar-refractivity contribution in [1.29, 1.82) is 0 Å². The lowest BCUT2D eigenvalue weighted by Gasteiger charge is -2.30. The largest absolute Gasteiger partial charge is 0.473 e. The molecule has 0 unspecified atom stereocenters. The lowest BCUT2D eigenvalue weighted by atomic mass is 9.95. The van der Waals surface area contributed by atoms with Gasteiger partial charge in [-0.1, -0.05) is 6.58 Å². The second kappa shape index (κ2) is 12.0. The van der Waals surface area contributed by atoms with E-state index in [-0.39, 0.29) is 19.1 Å². The lowest BCUT2D eigenvalue weighted by molar-refractivity contribution is -0.142. The summed E-state index contributed by atoms with van der Waals surface area (Å²) in [6.07, 6.45) is 3.76. The molecule has 0 radical (unpaired) electrons. The summed E-state index contributed by atoms with van der Waals surface area (Å²) < 4.78 is 17.9. The molecular formula is C22H33N3O5S. The Kier molecular flexibility index (Phi) is 9.64. The van der Waals surface area contributed by atoms with Crippen LogP contribution in [0.2, 0.25) is 0 Å². The zero-order valence-electron chi connectivity index (χ0n) is 18.8. The van der Waals surface area contributed by atoms with Crippen LogP contribution >= 0.6 is 11.9 Å². The number of piperidine rings is 1. The predicted octanol–water partition coefficient (Wildman–Crippen LogP) is 3.82. The topological polar surface area (TPSA) is 90.0 Å². The molecular weight excluding hydrogens is 418 g/mol. The zero-order valence-corrected chi connectivity index (χ0v) is 19.6. The number of nitrogens with one attached hydrogen (secondary N) is 1. The molecule has 0 saturated carbocycles. The molecule has 9 heteroatoms. The Bertz CT molecular complexity index is 741. The normalized spacial score (nSPS) is 15.2. The van der Waals surface area contributed by atoms with Crippen LogP contribution in [0.3, 0.4) is 0 Å². The molecule has 1 aromatic heterocycles. The zero-order chi connectivity index (χ0) is 22.9. The lowest BCUT2D eigenvalue weighted by Crippen LogP contribution is -2.34. The average Bonchev–Trinajstić information content (AvgIpc) is 2.72. The number of hydrogen-bond donors (Lipinski definition) is 1. The number of hydrogen-bond acceptors (Lipinski definition) is 8. The number of esters is 1. The Labute approximate surface area is 188 Å². The van der Waals surface area contributed by atoms with Gasteiger partial charge in [0.2, 0.25) is 5.88 Å². The summed E-state index contributed by atoms with van der Waals surface area (Å²) in [5.41, 5.74) is 0.172. The van der Waals surface area contributed by atoms with Gasteiger partial charge in [-0.25, -0.2) is 14.1 Å². The van der Waals surface area contributed by atoms with E-state index in [2.05, 4.69) is 21.2 Å². The number of methoxy groups -OCH3 is 1. The molecule has 8 nitrogen and oxygen atoms in total. The molecule has 172 valence electrons. The van der Waals surface area contributed by atoms with Crippen LogP contribution in [-0.4, -0.2) is 60.3 Å². The van der Waals surface area contributed by atoms with Crippen molar-refractivity contribution in [3.8, 4) is 5.88 Å². The molecule has 0 bridgehead atoms. The molecule has 1 aliphatic rings.